The SMILES string of the molecule is CN=C(NCC(C)(C)c1ccc(OCC(C)C)cc1)NC1CCN(CC(N)=O)CC1.I. The maximum atomic E-state index is 11.1. The number of amides is 1. The number of aliphatic imine (C=N–C) groups is 1. The number of benzene rings is 1. The molecule has 0 bridgehead atoms. The maximum Gasteiger partial charge on any atom is 0.231 e. The Hall–Kier alpha value is -1.55. The summed E-state index contributed by atoms with van der Waals surface area (Å²) in [7, 11) is 1.80. The third-order valence-corrected chi connectivity index (χ3v) is 5.45. The van der Waals surface area contributed by atoms with Gasteiger partial charge in [0.2, 0.25) is 5.91 Å². The fourth-order valence-electron chi connectivity index (χ4n) is 3.52. The lowest BCUT2D eigenvalue weighted by molar-refractivity contribution is -0.119. The number of halogens is 1. The molecule has 1 amide bonds. The quantitative estimate of drug-likeness (QED) is 0.252. The second-order valence-corrected chi connectivity index (χ2v) is 9.20. The molecule has 1 heterocycles. The van der Waals surface area contributed by atoms with E-state index >= 15 is 0 Å². The van der Waals surface area contributed by atoms with Crippen LogP contribution in [0, 0.1) is 5.92 Å². The molecule has 1 aromatic carbocycles. The first-order valence-corrected chi connectivity index (χ1v) is 10.9. The van der Waals surface area contributed by atoms with Crippen molar-refractivity contribution >= 4 is 35.8 Å². The fourth-order valence-corrected chi connectivity index (χ4v) is 3.52. The van der Waals surface area contributed by atoms with E-state index in [2.05, 4.69) is 60.4 Å². The molecule has 8 heteroatoms. The van der Waals surface area contributed by atoms with Gasteiger partial charge in [-0.2, -0.15) is 0 Å². The smallest absolute Gasteiger partial charge is 0.231 e. The molecule has 0 unspecified atom stereocenters. The zero-order chi connectivity index (χ0) is 22.1. The summed E-state index contributed by atoms with van der Waals surface area (Å²) in [4.78, 5) is 17.6. The number of likely N-dealkylation sites (tertiary alicyclic amines) is 1. The van der Waals surface area contributed by atoms with Gasteiger partial charge in [0.15, 0.2) is 5.96 Å². The molecule has 0 atom stereocenters. The molecule has 7 nitrogen and oxygen atoms in total. The molecule has 1 saturated heterocycles. The van der Waals surface area contributed by atoms with Gasteiger partial charge in [-0.05, 0) is 36.5 Å². The zero-order valence-electron chi connectivity index (χ0n) is 19.6. The van der Waals surface area contributed by atoms with Crippen LogP contribution in [-0.4, -0.2) is 62.6 Å². The molecule has 0 spiro atoms. The van der Waals surface area contributed by atoms with E-state index in [1.54, 1.807) is 7.05 Å². The number of hydrogen-bond acceptors (Lipinski definition) is 4. The number of nitrogens with two attached hydrogens (primary N) is 1. The highest BCUT2D eigenvalue weighted by Gasteiger charge is 2.23. The van der Waals surface area contributed by atoms with Gasteiger partial charge in [-0.3, -0.25) is 14.7 Å². The molecule has 31 heavy (non-hydrogen) atoms. The van der Waals surface area contributed by atoms with Gasteiger partial charge in [0, 0.05) is 38.1 Å². The minimum atomic E-state index is -0.263. The molecular formula is C23H40IN5O2. The van der Waals surface area contributed by atoms with Crippen LogP contribution >= 0.6 is 24.0 Å². The third kappa shape index (κ3) is 9.64. The molecule has 1 aromatic rings. The lowest BCUT2D eigenvalue weighted by atomic mass is 9.84. The number of nitrogens with zero attached hydrogens (tertiary/aromatic N) is 2. The molecule has 1 aliphatic rings. The van der Waals surface area contributed by atoms with Crippen molar-refractivity contribution in [1.29, 1.82) is 0 Å². The lowest BCUT2D eigenvalue weighted by Gasteiger charge is -2.33. The molecule has 1 aliphatic heterocycles. The first-order chi connectivity index (χ1) is 14.2. The first-order valence-electron chi connectivity index (χ1n) is 10.9. The highest BCUT2D eigenvalue weighted by molar-refractivity contribution is 14.0. The Morgan fingerprint density at radius 1 is 1.26 bits per heavy atom. The van der Waals surface area contributed by atoms with Crippen molar-refractivity contribution in [2.75, 3.05) is 39.8 Å². The van der Waals surface area contributed by atoms with Crippen LogP contribution in [0.1, 0.15) is 46.1 Å². The van der Waals surface area contributed by atoms with Crippen LogP contribution in [-0.2, 0) is 10.2 Å². The van der Waals surface area contributed by atoms with Gasteiger partial charge in [0.1, 0.15) is 5.75 Å². The van der Waals surface area contributed by atoms with Gasteiger partial charge in [-0.1, -0.05) is 39.8 Å². The van der Waals surface area contributed by atoms with Crippen LogP contribution < -0.4 is 21.1 Å². The predicted molar refractivity (Wildman–Crippen MR) is 138 cm³/mol. The molecule has 0 aromatic heterocycles. The molecule has 176 valence electrons. The number of primary amides is 1. The van der Waals surface area contributed by atoms with Crippen molar-refractivity contribution in [3.05, 3.63) is 29.8 Å². The van der Waals surface area contributed by atoms with Crippen molar-refractivity contribution in [3.63, 3.8) is 0 Å². The summed E-state index contributed by atoms with van der Waals surface area (Å²) in [5.74, 6) is 1.98. The number of carbonyl (C=O) groups excluding carboxylic acids is 1. The van der Waals surface area contributed by atoms with E-state index in [4.69, 9.17) is 10.5 Å². The van der Waals surface area contributed by atoms with Gasteiger partial charge in [-0.25, -0.2) is 0 Å². The molecule has 0 radical (unpaired) electrons. The maximum absolute atomic E-state index is 11.1. The van der Waals surface area contributed by atoms with Gasteiger partial charge in [0.05, 0.1) is 13.2 Å². The Kier molecular flexibility index (Phi) is 11.6. The van der Waals surface area contributed by atoms with Gasteiger partial charge in [-0.15, -0.1) is 24.0 Å². The van der Waals surface area contributed by atoms with Crippen LogP contribution in [0.25, 0.3) is 0 Å². The standard InChI is InChI=1S/C23H39N5O2.HI/c1-17(2)15-30-20-8-6-18(7-9-20)23(3,4)16-26-22(25-5)27-19-10-12-28(13-11-19)14-21(24)29;/h6-9,17,19H,10-16H2,1-5H3,(H2,24,29)(H2,25,26,27);1H. The number of rotatable bonds is 9. The number of guanidine groups is 1. The van der Waals surface area contributed by atoms with E-state index in [0.717, 1.165) is 50.8 Å². The molecule has 2 rings (SSSR count). The van der Waals surface area contributed by atoms with Crippen LogP contribution in [0.2, 0.25) is 0 Å². The molecule has 0 aliphatic carbocycles. The molecule has 1 fully saturated rings. The van der Waals surface area contributed by atoms with Gasteiger partial charge >= 0.3 is 0 Å². The minimum absolute atomic E-state index is 0. The Labute approximate surface area is 204 Å². The van der Waals surface area contributed by atoms with Crippen molar-refractivity contribution in [1.82, 2.24) is 15.5 Å². The Balaban J connectivity index is 0.00000480. The topological polar surface area (TPSA) is 92.0 Å². The number of nitrogens with one attached hydrogen (secondary N) is 2. The monoisotopic (exact) mass is 545 g/mol. The van der Waals surface area contributed by atoms with E-state index in [-0.39, 0.29) is 35.3 Å². The van der Waals surface area contributed by atoms with E-state index in [9.17, 15) is 4.79 Å². The number of carbonyl (C=O) groups is 1. The van der Waals surface area contributed by atoms with Gasteiger partial charge < -0.3 is 21.1 Å². The van der Waals surface area contributed by atoms with Crippen LogP contribution in [0.5, 0.6) is 5.75 Å². The Morgan fingerprint density at radius 3 is 2.39 bits per heavy atom. The van der Waals surface area contributed by atoms with Crippen molar-refractivity contribution in [2.45, 2.75) is 52.0 Å². The van der Waals surface area contributed by atoms with Crippen LogP contribution in [0.4, 0.5) is 0 Å². The summed E-state index contributed by atoms with van der Waals surface area (Å²) in [5.41, 5.74) is 6.49. The van der Waals surface area contributed by atoms with E-state index in [0.29, 0.717) is 18.5 Å². The highest BCUT2D eigenvalue weighted by atomic mass is 127. The Bertz CT molecular complexity index is 698. The molecule has 4 N–H and O–H groups in total. The van der Waals surface area contributed by atoms with E-state index in [1.807, 2.05) is 12.1 Å². The third-order valence-electron chi connectivity index (χ3n) is 5.45. The van der Waals surface area contributed by atoms with Crippen molar-refractivity contribution in [3.8, 4) is 5.75 Å². The summed E-state index contributed by atoms with van der Waals surface area (Å²) in [6.45, 7) is 12.3. The fraction of sp³-hybridized carbons (Fsp3) is 0.652. The number of ether oxygens (including phenoxy) is 1. The number of piperidine rings is 1. The van der Waals surface area contributed by atoms with Crippen LogP contribution in [0.15, 0.2) is 29.3 Å². The van der Waals surface area contributed by atoms with Crippen molar-refractivity contribution < 1.29 is 9.53 Å². The second-order valence-electron chi connectivity index (χ2n) is 9.20. The summed E-state index contributed by atoms with van der Waals surface area (Å²) in [5, 5.41) is 6.99. The van der Waals surface area contributed by atoms with Gasteiger partial charge in [0.25, 0.3) is 0 Å². The zero-order valence-corrected chi connectivity index (χ0v) is 21.9. The molecule has 0 saturated carbocycles. The summed E-state index contributed by atoms with van der Waals surface area (Å²) >= 11 is 0. The average molecular weight is 546 g/mol. The van der Waals surface area contributed by atoms with E-state index in [1.165, 1.54) is 5.56 Å². The highest BCUT2D eigenvalue weighted by Crippen LogP contribution is 2.25. The minimum Gasteiger partial charge on any atom is -0.493 e. The lowest BCUT2D eigenvalue weighted by Crippen LogP contribution is -2.51. The summed E-state index contributed by atoms with van der Waals surface area (Å²) in [6.07, 6.45) is 1.93. The average Bonchev–Trinajstić information content (AvgIpc) is 2.70. The summed E-state index contributed by atoms with van der Waals surface area (Å²) < 4.78 is 5.79. The Morgan fingerprint density at radius 2 is 1.87 bits per heavy atom. The number of hydrogen-bond donors (Lipinski definition) is 3. The predicted octanol–water partition coefficient (Wildman–Crippen LogP) is 2.73. The second kappa shape index (κ2) is 13.1. The normalized spacial score (nSPS) is 16.0. The molecular weight excluding hydrogens is 505 g/mol. The summed E-state index contributed by atoms with van der Waals surface area (Å²) in [6, 6.07) is 8.73. The van der Waals surface area contributed by atoms with Crippen LogP contribution in [0.3, 0.4) is 0 Å². The first kappa shape index (κ1) is 27.5. The van der Waals surface area contributed by atoms with Crippen molar-refractivity contribution in [2.24, 2.45) is 16.6 Å². The largest absolute Gasteiger partial charge is 0.493 e. The van der Waals surface area contributed by atoms with E-state index < -0.39 is 0 Å².